The van der Waals surface area contributed by atoms with Crippen molar-refractivity contribution in [3.63, 3.8) is 0 Å². The number of aromatic amines is 1. The Kier molecular flexibility index (Phi) is 4.92. The smallest absolute Gasteiger partial charge is 0.200 e. The van der Waals surface area contributed by atoms with Crippen molar-refractivity contribution in [3.8, 4) is 5.75 Å². The first-order chi connectivity index (χ1) is 12.7. The standard InChI is InChI=1S/C17H18BrN5O2S/c1-24-11-6-4-5-10(13(11)18)20-15-14-16(22-17(26)21-15)23(9-19-14)12-7-2-3-8-25-12/h4-6,9,12H,2-3,7-8H2,1H3,(H2,20,21,22,26). The molecule has 2 N–H and O–H groups in total. The van der Waals surface area contributed by atoms with Gasteiger partial charge in [0, 0.05) is 6.61 Å². The number of hydrogen-bond acceptors (Lipinski definition) is 6. The number of ether oxygens (including phenoxy) is 2. The first kappa shape index (κ1) is 17.4. The Bertz CT molecular complexity index is 996. The van der Waals surface area contributed by atoms with E-state index in [4.69, 9.17) is 21.7 Å². The van der Waals surface area contributed by atoms with Crippen LogP contribution < -0.4 is 10.1 Å². The first-order valence-electron chi connectivity index (χ1n) is 8.35. The van der Waals surface area contributed by atoms with Crippen LogP contribution in [-0.2, 0) is 4.74 Å². The molecule has 1 saturated heterocycles. The molecule has 3 heterocycles. The Hall–Kier alpha value is -1.97. The molecular weight excluding hydrogens is 418 g/mol. The van der Waals surface area contributed by atoms with Crippen molar-refractivity contribution in [1.82, 2.24) is 19.5 Å². The number of hydrogen-bond donors (Lipinski definition) is 2. The summed E-state index contributed by atoms with van der Waals surface area (Å²) in [5.74, 6) is 1.42. The average Bonchev–Trinajstić information content (AvgIpc) is 3.08. The quantitative estimate of drug-likeness (QED) is 0.578. The van der Waals surface area contributed by atoms with Gasteiger partial charge in [0.15, 0.2) is 10.4 Å². The van der Waals surface area contributed by atoms with Gasteiger partial charge in [-0.15, -0.1) is 0 Å². The van der Waals surface area contributed by atoms with Crippen LogP contribution in [0, 0.1) is 4.77 Å². The lowest BCUT2D eigenvalue weighted by molar-refractivity contribution is -0.0298. The summed E-state index contributed by atoms with van der Waals surface area (Å²) in [6, 6.07) is 5.74. The average molecular weight is 436 g/mol. The molecule has 136 valence electrons. The second kappa shape index (κ2) is 7.34. The van der Waals surface area contributed by atoms with Gasteiger partial charge in [-0.25, -0.2) is 4.98 Å². The number of rotatable bonds is 4. The predicted molar refractivity (Wildman–Crippen MR) is 106 cm³/mol. The molecule has 1 atom stereocenters. The number of imidazole rings is 1. The van der Waals surface area contributed by atoms with Crippen LogP contribution in [0.4, 0.5) is 11.5 Å². The highest BCUT2D eigenvalue weighted by Gasteiger charge is 2.20. The first-order valence-corrected chi connectivity index (χ1v) is 9.55. The van der Waals surface area contributed by atoms with E-state index in [0.29, 0.717) is 21.8 Å². The minimum absolute atomic E-state index is 0.0468. The summed E-state index contributed by atoms with van der Waals surface area (Å²) >= 11 is 8.89. The van der Waals surface area contributed by atoms with Crippen LogP contribution in [0.5, 0.6) is 5.75 Å². The Morgan fingerprint density at radius 2 is 2.31 bits per heavy atom. The Morgan fingerprint density at radius 1 is 1.42 bits per heavy atom. The van der Waals surface area contributed by atoms with Crippen molar-refractivity contribution in [1.29, 1.82) is 0 Å². The Balaban J connectivity index is 1.76. The van der Waals surface area contributed by atoms with Crippen molar-refractivity contribution in [2.24, 2.45) is 0 Å². The molecule has 0 aliphatic carbocycles. The minimum atomic E-state index is -0.0468. The third-order valence-electron chi connectivity index (χ3n) is 4.35. The highest BCUT2D eigenvalue weighted by molar-refractivity contribution is 9.10. The number of halogens is 1. The van der Waals surface area contributed by atoms with E-state index in [1.165, 1.54) is 0 Å². The van der Waals surface area contributed by atoms with Gasteiger partial charge in [0.25, 0.3) is 0 Å². The van der Waals surface area contributed by atoms with E-state index in [1.807, 2.05) is 22.8 Å². The van der Waals surface area contributed by atoms with E-state index < -0.39 is 0 Å². The molecular formula is C17H18BrN5O2S. The van der Waals surface area contributed by atoms with E-state index in [2.05, 4.69) is 36.2 Å². The van der Waals surface area contributed by atoms with E-state index >= 15 is 0 Å². The predicted octanol–water partition coefficient (Wildman–Crippen LogP) is 4.70. The second-order valence-corrected chi connectivity index (χ2v) is 7.19. The molecule has 0 saturated carbocycles. The van der Waals surface area contributed by atoms with Gasteiger partial charge < -0.3 is 19.8 Å². The normalized spacial score (nSPS) is 17.4. The van der Waals surface area contributed by atoms with Crippen LogP contribution in [-0.4, -0.2) is 33.2 Å². The Labute approximate surface area is 163 Å². The number of anilines is 2. The lowest BCUT2D eigenvalue weighted by Gasteiger charge is -2.23. The van der Waals surface area contributed by atoms with Gasteiger partial charge in [-0.05, 0) is 59.5 Å². The zero-order valence-electron chi connectivity index (χ0n) is 14.2. The summed E-state index contributed by atoms with van der Waals surface area (Å²) < 4.78 is 14.4. The van der Waals surface area contributed by atoms with Crippen molar-refractivity contribution in [2.75, 3.05) is 19.0 Å². The molecule has 7 nitrogen and oxygen atoms in total. The maximum atomic E-state index is 5.87. The van der Waals surface area contributed by atoms with Crippen LogP contribution >= 0.6 is 28.1 Å². The highest BCUT2D eigenvalue weighted by Crippen LogP contribution is 2.35. The number of H-pyrrole nitrogens is 1. The molecule has 1 unspecified atom stereocenters. The number of nitrogens with one attached hydrogen (secondary N) is 2. The van der Waals surface area contributed by atoms with E-state index in [-0.39, 0.29) is 6.23 Å². The molecule has 3 aromatic rings. The zero-order chi connectivity index (χ0) is 18.1. The molecule has 9 heteroatoms. The summed E-state index contributed by atoms with van der Waals surface area (Å²) in [6.07, 6.45) is 4.89. The highest BCUT2D eigenvalue weighted by atomic mass is 79.9. The van der Waals surface area contributed by atoms with Crippen molar-refractivity contribution >= 4 is 50.8 Å². The van der Waals surface area contributed by atoms with Crippen LogP contribution in [0.1, 0.15) is 25.5 Å². The van der Waals surface area contributed by atoms with E-state index in [9.17, 15) is 0 Å². The number of benzene rings is 1. The van der Waals surface area contributed by atoms with Gasteiger partial charge in [-0.1, -0.05) is 6.07 Å². The number of nitrogens with zero attached hydrogens (tertiary/aromatic N) is 3. The van der Waals surface area contributed by atoms with Gasteiger partial charge in [-0.2, -0.15) is 4.98 Å². The number of fused-ring (bicyclic) bond motifs is 1. The molecule has 0 radical (unpaired) electrons. The third kappa shape index (κ3) is 3.22. The molecule has 4 rings (SSSR count). The summed E-state index contributed by atoms with van der Waals surface area (Å²) in [5.41, 5.74) is 2.26. The monoisotopic (exact) mass is 435 g/mol. The van der Waals surface area contributed by atoms with Crippen LogP contribution in [0.3, 0.4) is 0 Å². The molecule has 2 aromatic heterocycles. The second-order valence-electron chi connectivity index (χ2n) is 6.01. The lowest BCUT2D eigenvalue weighted by atomic mass is 10.2. The van der Waals surface area contributed by atoms with E-state index in [1.54, 1.807) is 13.4 Å². The summed E-state index contributed by atoms with van der Waals surface area (Å²) in [6.45, 7) is 0.756. The molecule has 1 aromatic carbocycles. The van der Waals surface area contributed by atoms with E-state index in [0.717, 1.165) is 41.8 Å². The summed E-state index contributed by atoms with van der Waals surface area (Å²) in [7, 11) is 1.63. The molecule has 1 fully saturated rings. The third-order valence-corrected chi connectivity index (χ3v) is 5.36. The van der Waals surface area contributed by atoms with Crippen LogP contribution in [0.15, 0.2) is 29.0 Å². The van der Waals surface area contributed by atoms with Gasteiger partial charge in [0.2, 0.25) is 0 Å². The molecule has 1 aliphatic heterocycles. The molecule has 26 heavy (non-hydrogen) atoms. The Morgan fingerprint density at radius 3 is 3.08 bits per heavy atom. The maximum Gasteiger partial charge on any atom is 0.200 e. The number of methoxy groups -OCH3 is 1. The summed E-state index contributed by atoms with van der Waals surface area (Å²) in [5, 5.41) is 3.34. The largest absolute Gasteiger partial charge is 0.495 e. The molecule has 0 spiro atoms. The SMILES string of the molecule is COc1cccc(Nc2[nH]c(=S)nc3c2ncn3C2CCCCO2)c1Br. The van der Waals surface area contributed by atoms with Gasteiger partial charge >= 0.3 is 0 Å². The van der Waals surface area contributed by atoms with Crippen molar-refractivity contribution in [3.05, 3.63) is 33.8 Å². The zero-order valence-corrected chi connectivity index (χ0v) is 16.6. The lowest BCUT2D eigenvalue weighted by Crippen LogP contribution is -2.17. The summed E-state index contributed by atoms with van der Waals surface area (Å²) in [4.78, 5) is 12.1. The van der Waals surface area contributed by atoms with Crippen molar-refractivity contribution < 1.29 is 9.47 Å². The molecule has 1 aliphatic rings. The molecule has 0 amide bonds. The fraction of sp³-hybridized carbons (Fsp3) is 0.353. The fourth-order valence-electron chi connectivity index (χ4n) is 3.08. The van der Waals surface area contributed by atoms with Gasteiger partial charge in [0.1, 0.15) is 23.3 Å². The van der Waals surface area contributed by atoms with Gasteiger partial charge in [0.05, 0.1) is 23.6 Å². The van der Waals surface area contributed by atoms with Gasteiger partial charge in [-0.3, -0.25) is 4.57 Å². The van der Waals surface area contributed by atoms with Crippen molar-refractivity contribution in [2.45, 2.75) is 25.5 Å². The minimum Gasteiger partial charge on any atom is -0.495 e. The van der Waals surface area contributed by atoms with Crippen LogP contribution in [0.25, 0.3) is 11.2 Å². The maximum absolute atomic E-state index is 5.87. The topological polar surface area (TPSA) is 77.0 Å². The fourth-order valence-corrected chi connectivity index (χ4v) is 3.79. The number of aromatic nitrogens is 4. The van der Waals surface area contributed by atoms with Crippen LogP contribution in [0.2, 0.25) is 0 Å². The molecule has 0 bridgehead atoms.